The Morgan fingerprint density at radius 1 is 1.43 bits per heavy atom. The predicted octanol–water partition coefficient (Wildman–Crippen LogP) is 2.08. The number of carbonyl (C=O) groups excluding carboxylic acids is 1. The third kappa shape index (κ3) is 3.59. The van der Waals surface area contributed by atoms with E-state index in [-0.39, 0.29) is 11.6 Å². The molecule has 0 aliphatic rings. The number of H-pyrrole nitrogens is 1. The van der Waals surface area contributed by atoms with Gasteiger partial charge < -0.3 is 15.3 Å². The molecule has 0 saturated carbocycles. The van der Waals surface area contributed by atoms with Crippen LogP contribution in [0, 0.1) is 6.92 Å². The molecule has 0 aliphatic carbocycles. The van der Waals surface area contributed by atoms with Crippen molar-refractivity contribution in [2.24, 2.45) is 0 Å². The van der Waals surface area contributed by atoms with Crippen LogP contribution in [0.5, 0.6) is 0 Å². The van der Waals surface area contributed by atoms with E-state index in [1.807, 2.05) is 0 Å². The van der Waals surface area contributed by atoms with E-state index in [4.69, 9.17) is 5.11 Å². The molecule has 2 amide bonds. The number of aromatic amines is 1. The first-order valence-corrected chi connectivity index (χ1v) is 6.31. The zero-order valence-corrected chi connectivity index (χ0v) is 11.8. The monoisotopic (exact) mass is 288 g/mol. The molecule has 7 heteroatoms. The van der Waals surface area contributed by atoms with E-state index in [1.54, 1.807) is 38.5 Å². The molecule has 0 unspecified atom stereocenters. The number of urea groups is 1. The molecule has 3 N–H and O–H groups in total. The Balaban J connectivity index is 2.05. The fourth-order valence-corrected chi connectivity index (χ4v) is 1.86. The number of amides is 2. The molecular formula is C14H16N4O3. The number of hydrogen-bond donors (Lipinski definition) is 3. The van der Waals surface area contributed by atoms with Crippen molar-refractivity contribution in [1.82, 2.24) is 15.1 Å². The Morgan fingerprint density at radius 3 is 2.81 bits per heavy atom. The summed E-state index contributed by atoms with van der Waals surface area (Å²) in [7, 11) is 1.65. The Morgan fingerprint density at radius 2 is 2.19 bits per heavy atom. The second-order valence-electron chi connectivity index (χ2n) is 4.73. The molecule has 1 aromatic carbocycles. The highest BCUT2D eigenvalue weighted by molar-refractivity contribution is 5.94. The SMILES string of the molecule is Cc1ccc(NC(=O)N(C)Cc2cn[nH]c2)cc1C(=O)O. The number of carboxylic acids is 1. The standard InChI is InChI=1S/C14H16N4O3/c1-9-3-4-11(5-12(9)13(19)20)17-14(21)18(2)8-10-6-15-16-7-10/h3-7H,8H2,1-2H3,(H,15,16)(H,17,21)(H,19,20). The molecule has 2 aromatic rings. The molecule has 21 heavy (non-hydrogen) atoms. The number of aromatic carboxylic acids is 1. The van der Waals surface area contributed by atoms with Crippen LogP contribution in [0.25, 0.3) is 0 Å². The molecule has 7 nitrogen and oxygen atoms in total. The third-order valence-corrected chi connectivity index (χ3v) is 3.04. The van der Waals surface area contributed by atoms with Crippen molar-refractivity contribution in [2.45, 2.75) is 13.5 Å². The molecule has 0 spiro atoms. The van der Waals surface area contributed by atoms with Gasteiger partial charge in [0.25, 0.3) is 0 Å². The van der Waals surface area contributed by atoms with E-state index in [2.05, 4.69) is 15.5 Å². The van der Waals surface area contributed by atoms with Crippen LogP contribution in [0.3, 0.4) is 0 Å². The first-order chi connectivity index (χ1) is 9.97. The molecule has 0 atom stereocenters. The van der Waals surface area contributed by atoms with Crippen molar-refractivity contribution in [3.63, 3.8) is 0 Å². The molecule has 110 valence electrons. The maximum absolute atomic E-state index is 12.0. The summed E-state index contributed by atoms with van der Waals surface area (Å²) in [6, 6.07) is 4.46. The molecule has 0 aliphatic heterocycles. The molecular weight excluding hydrogens is 272 g/mol. The number of benzene rings is 1. The highest BCUT2D eigenvalue weighted by Crippen LogP contribution is 2.16. The average Bonchev–Trinajstić information content (AvgIpc) is 2.93. The van der Waals surface area contributed by atoms with E-state index in [9.17, 15) is 9.59 Å². The largest absolute Gasteiger partial charge is 0.478 e. The lowest BCUT2D eigenvalue weighted by Crippen LogP contribution is -2.30. The molecule has 0 fully saturated rings. The highest BCUT2D eigenvalue weighted by atomic mass is 16.4. The van der Waals surface area contributed by atoms with E-state index < -0.39 is 5.97 Å². The lowest BCUT2D eigenvalue weighted by atomic mass is 10.1. The number of aryl methyl sites for hydroxylation is 1. The maximum Gasteiger partial charge on any atom is 0.336 e. The van der Waals surface area contributed by atoms with E-state index in [0.29, 0.717) is 17.8 Å². The van der Waals surface area contributed by atoms with Crippen LogP contribution >= 0.6 is 0 Å². The summed E-state index contributed by atoms with van der Waals surface area (Å²) in [5.41, 5.74) is 2.14. The smallest absolute Gasteiger partial charge is 0.336 e. The van der Waals surface area contributed by atoms with E-state index >= 15 is 0 Å². The molecule has 1 heterocycles. The summed E-state index contributed by atoms with van der Waals surface area (Å²) in [6.07, 6.45) is 3.34. The van der Waals surface area contributed by atoms with Gasteiger partial charge in [-0.25, -0.2) is 9.59 Å². The number of carboxylic acid groups (broad SMARTS) is 1. The zero-order valence-electron chi connectivity index (χ0n) is 11.8. The van der Waals surface area contributed by atoms with Crippen LogP contribution in [-0.2, 0) is 6.54 Å². The maximum atomic E-state index is 12.0. The number of rotatable bonds is 4. The van der Waals surface area contributed by atoms with Gasteiger partial charge in [0.2, 0.25) is 0 Å². The van der Waals surface area contributed by atoms with Crippen LogP contribution in [0.15, 0.2) is 30.6 Å². The van der Waals surface area contributed by atoms with Gasteiger partial charge in [0.15, 0.2) is 0 Å². The van der Waals surface area contributed by atoms with Crippen LogP contribution < -0.4 is 5.32 Å². The Kier molecular flexibility index (Phi) is 4.22. The minimum Gasteiger partial charge on any atom is -0.478 e. The van der Waals surface area contributed by atoms with Gasteiger partial charge in [-0.1, -0.05) is 6.07 Å². The quantitative estimate of drug-likeness (QED) is 0.802. The molecule has 2 rings (SSSR count). The third-order valence-electron chi connectivity index (χ3n) is 3.04. The number of hydrogen-bond acceptors (Lipinski definition) is 3. The Labute approximate surface area is 121 Å². The lowest BCUT2D eigenvalue weighted by molar-refractivity contribution is 0.0696. The van der Waals surface area contributed by atoms with Crippen molar-refractivity contribution >= 4 is 17.7 Å². The minimum atomic E-state index is -1.02. The minimum absolute atomic E-state index is 0.172. The van der Waals surface area contributed by atoms with Gasteiger partial charge in [-0.2, -0.15) is 5.10 Å². The van der Waals surface area contributed by atoms with Gasteiger partial charge in [-0.3, -0.25) is 5.10 Å². The number of aromatic nitrogens is 2. The normalized spacial score (nSPS) is 10.2. The molecule has 0 bridgehead atoms. The van der Waals surface area contributed by atoms with Crippen LogP contribution in [0.2, 0.25) is 0 Å². The van der Waals surface area contributed by atoms with Crippen molar-refractivity contribution in [3.8, 4) is 0 Å². The van der Waals surface area contributed by atoms with Gasteiger partial charge in [-0.15, -0.1) is 0 Å². The second-order valence-corrected chi connectivity index (χ2v) is 4.73. The van der Waals surface area contributed by atoms with Crippen LogP contribution in [-0.4, -0.2) is 39.3 Å². The summed E-state index contributed by atoms with van der Waals surface area (Å²) in [6.45, 7) is 2.11. The Hall–Kier alpha value is -2.83. The second kappa shape index (κ2) is 6.08. The van der Waals surface area contributed by atoms with Crippen molar-refractivity contribution in [1.29, 1.82) is 0 Å². The number of anilines is 1. The van der Waals surface area contributed by atoms with E-state index in [1.165, 1.54) is 11.0 Å². The molecule has 1 aromatic heterocycles. The van der Waals surface area contributed by atoms with Crippen molar-refractivity contribution < 1.29 is 14.7 Å². The van der Waals surface area contributed by atoms with Gasteiger partial charge in [-0.05, 0) is 24.6 Å². The fourth-order valence-electron chi connectivity index (χ4n) is 1.86. The van der Waals surface area contributed by atoms with E-state index in [0.717, 1.165) is 5.56 Å². The Bertz CT molecular complexity index is 652. The number of carbonyl (C=O) groups is 2. The van der Waals surface area contributed by atoms with Crippen LogP contribution in [0.1, 0.15) is 21.5 Å². The lowest BCUT2D eigenvalue weighted by Gasteiger charge is -2.17. The fraction of sp³-hybridized carbons (Fsp3) is 0.214. The summed E-state index contributed by atoms with van der Waals surface area (Å²) < 4.78 is 0. The average molecular weight is 288 g/mol. The zero-order chi connectivity index (χ0) is 15.4. The summed E-state index contributed by atoms with van der Waals surface area (Å²) in [5.74, 6) is -1.02. The summed E-state index contributed by atoms with van der Waals surface area (Å²) in [5, 5.41) is 18.2. The predicted molar refractivity (Wildman–Crippen MR) is 77.2 cm³/mol. The van der Waals surface area contributed by atoms with Gasteiger partial charge in [0, 0.05) is 24.5 Å². The highest BCUT2D eigenvalue weighted by Gasteiger charge is 2.12. The summed E-state index contributed by atoms with van der Waals surface area (Å²) in [4.78, 5) is 24.6. The van der Waals surface area contributed by atoms with Crippen molar-refractivity contribution in [2.75, 3.05) is 12.4 Å². The first kappa shape index (κ1) is 14.6. The summed E-state index contributed by atoms with van der Waals surface area (Å²) >= 11 is 0. The van der Waals surface area contributed by atoms with Gasteiger partial charge in [0.1, 0.15) is 0 Å². The molecule has 0 saturated heterocycles. The first-order valence-electron chi connectivity index (χ1n) is 6.31. The number of nitrogens with zero attached hydrogens (tertiary/aromatic N) is 2. The number of nitrogens with one attached hydrogen (secondary N) is 2. The van der Waals surface area contributed by atoms with Crippen LogP contribution in [0.4, 0.5) is 10.5 Å². The molecule has 0 radical (unpaired) electrons. The van der Waals surface area contributed by atoms with Crippen molar-refractivity contribution in [3.05, 3.63) is 47.3 Å². The topological polar surface area (TPSA) is 98.3 Å². The van der Waals surface area contributed by atoms with Gasteiger partial charge >= 0.3 is 12.0 Å². The van der Waals surface area contributed by atoms with Gasteiger partial charge in [0.05, 0.1) is 18.3 Å².